The number of nitro benzene ring substituents is 1. The predicted molar refractivity (Wildman–Crippen MR) is 64.8 cm³/mol. The smallest absolute Gasteiger partial charge is 0.282 e. The van der Waals surface area contributed by atoms with Crippen LogP contribution in [0, 0.1) is 10.1 Å². The Bertz CT molecular complexity index is 555. The van der Waals surface area contributed by atoms with Crippen molar-refractivity contribution in [2.45, 2.75) is 12.8 Å². The number of nitro groups is 1. The van der Waals surface area contributed by atoms with Gasteiger partial charge in [0.2, 0.25) is 0 Å². The average molecular weight is 264 g/mol. The van der Waals surface area contributed by atoms with Crippen LogP contribution in [-0.4, -0.2) is 39.9 Å². The molecule has 0 spiro atoms. The number of benzene rings is 1. The van der Waals surface area contributed by atoms with Crippen LogP contribution in [0.5, 0.6) is 0 Å². The zero-order valence-electron chi connectivity index (χ0n) is 10.0. The number of unbranched alkanes of at least 4 members (excludes halogenated alkanes) is 1. The minimum absolute atomic E-state index is 0.0245. The molecular weight excluding hydrogens is 252 g/mol. The van der Waals surface area contributed by atoms with Gasteiger partial charge in [-0.25, -0.2) is 0 Å². The standard InChI is InChI=1S/C12H12N2O5/c15-7-2-1-6-13-11(16)8-4-3-5-9(14(18)19)10(8)12(13)17/h3-5,15H,1-2,6-7H2. The van der Waals surface area contributed by atoms with E-state index in [1.165, 1.54) is 18.2 Å². The van der Waals surface area contributed by atoms with Crippen LogP contribution >= 0.6 is 0 Å². The first-order valence-electron chi connectivity index (χ1n) is 5.82. The Morgan fingerprint density at radius 2 is 1.95 bits per heavy atom. The molecule has 1 N–H and O–H groups in total. The molecule has 7 nitrogen and oxygen atoms in total. The Kier molecular flexibility index (Phi) is 3.57. The second-order valence-electron chi connectivity index (χ2n) is 4.15. The molecule has 0 aliphatic carbocycles. The summed E-state index contributed by atoms with van der Waals surface area (Å²) in [6, 6.07) is 4.01. The highest BCUT2D eigenvalue weighted by molar-refractivity contribution is 6.23. The van der Waals surface area contributed by atoms with Crippen LogP contribution in [0.1, 0.15) is 33.6 Å². The second kappa shape index (κ2) is 5.15. The van der Waals surface area contributed by atoms with Gasteiger partial charge >= 0.3 is 0 Å². The summed E-state index contributed by atoms with van der Waals surface area (Å²) in [5.74, 6) is -1.15. The summed E-state index contributed by atoms with van der Waals surface area (Å²) in [6.07, 6.45) is 0.936. The van der Waals surface area contributed by atoms with Gasteiger partial charge in [-0.1, -0.05) is 6.07 Å². The van der Waals surface area contributed by atoms with Crippen molar-refractivity contribution in [1.82, 2.24) is 4.90 Å². The van der Waals surface area contributed by atoms with Crippen molar-refractivity contribution >= 4 is 17.5 Å². The SMILES string of the molecule is O=C1c2cccc([N+](=O)[O-])c2C(=O)N1CCCCO. The molecule has 0 radical (unpaired) electrons. The van der Waals surface area contributed by atoms with Crippen molar-refractivity contribution in [2.75, 3.05) is 13.2 Å². The molecule has 0 fully saturated rings. The van der Waals surface area contributed by atoms with Gasteiger partial charge in [0.15, 0.2) is 0 Å². The number of nitrogens with zero attached hydrogens (tertiary/aromatic N) is 2. The number of hydrogen-bond donors (Lipinski definition) is 1. The van der Waals surface area contributed by atoms with E-state index in [9.17, 15) is 19.7 Å². The predicted octanol–water partition coefficient (Wildman–Crippen LogP) is 0.963. The lowest BCUT2D eigenvalue weighted by atomic mass is 10.1. The molecule has 2 rings (SSSR count). The van der Waals surface area contributed by atoms with E-state index in [2.05, 4.69) is 0 Å². The fourth-order valence-electron chi connectivity index (χ4n) is 2.05. The minimum Gasteiger partial charge on any atom is -0.396 e. The highest BCUT2D eigenvalue weighted by Crippen LogP contribution is 2.30. The number of carbonyl (C=O) groups is 2. The molecule has 0 unspecified atom stereocenters. The quantitative estimate of drug-likeness (QED) is 0.369. The van der Waals surface area contributed by atoms with E-state index < -0.39 is 16.7 Å². The molecule has 1 aromatic carbocycles. The Morgan fingerprint density at radius 3 is 2.58 bits per heavy atom. The maximum Gasteiger partial charge on any atom is 0.282 e. The Balaban J connectivity index is 2.33. The summed E-state index contributed by atoms with van der Waals surface area (Å²) in [5, 5.41) is 19.6. The minimum atomic E-state index is -0.665. The second-order valence-corrected chi connectivity index (χ2v) is 4.15. The van der Waals surface area contributed by atoms with Gasteiger partial charge < -0.3 is 5.11 Å². The third kappa shape index (κ3) is 2.19. The third-order valence-electron chi connectivity index (χ3n) is 2.96. The van der Waals surface area contributed by atoms with Crippen LogP contribution in [0.4, 0.5) is 5.69 Å². The summed E-state index contributed by atoms with van der Waals surface area (Å²) >= 11 is 0. The van der Waals surface area contributed by atoms with Gasteiger partial charge in [0.1, 0.15) is 5.56 Å². The zero-order chi connectivity index (χ0) is 14.0. The highest BCUT2D eigenvalue weighted by atomic mass is 16.6. The largest absolute Gasteiger partial charge is 0.396 e. The molecular formula is C12H12N2O5. The van der Waals surface area contributed by atoms with Gasteiger partial charge in [-0.3, -0.25) is 24.6 Å². The number of carbonyl (C=O) groups excluding carboxylic acids is 2. The van der Waals surface area contributed by atoms with E-state index in [1.54, 1.807) is 0 Å². The van der Waals surface area contributed by atoms with Crippen molar-refractivity contribution in [2.24, 2.45) is 0 Å². The third-order valence-corrected chi connectivity index (χ3v) is 2.96. The lowest BCUT2D eigenvalue weighted by Gasteiger charge is -2.12. The summed E-state index contributed by atoms with van der Waals surface area (Å²) in [7, 11) is 0. The fraction of sp³-hybridized carbons (Fsp3) is 0.333. The number of aliphatic hydroxyl groups is 1. The Morgan fingerprint density at radius 1 is 1.21 bits per heavy atom. The van der Waals surface area contributed by atoms with Gasteiger partial charge in [-0.15, -0.1) is 0 Å². The van der Waals surface area contributed by atoms with Crippen LogP contribution in [0.25, 0.3) is 0 Å². The van der Waals surface area contributed by atoms with Crippen LogP contribution in [-0.2, 0) is 0 Å². The van der Waals surface area contributed by atoms with E-state index in [-0.39, 0.29) is 30.0 Å². The first kappa shape index (κ1) is 13.2. The van der Waals surface area contributed by atoms with Crippen LogP contribution in [0.2, 0.25) is 0 Å². The highest BCUT2D eigenvalue weighted by Gasteiger charge is 2.40. The van der Waals surface area contributed by atoms with Crippen molar-refractivity contribution in [3.8, 4) is 0 Å². The van der Waals surface area contributed by atoms with E-state index in [0.29, 0.717) is 12.8 Å². The van der Waals surface area contributed by atoms with Crippen molar-refractivity contribution in [1.29, 1.82) is 0 Å². The summed E-state index contributed by atoms with van der Waals surface area (Å²) < 4.78 is 0. The molecule has 7 heteroatoms. The Hall–Kier alpha value is -2.28. The first-order chi connectivity index (χ1) is 9.07. The topological polar surface area (TPSA) is 101 Å². The molecule has 2 amide bonds. The first-order valence-corrected chi connectivity index (χ1v) is 5.82. The summed E-state index contributed by atoms with van der Waals surface area (Å²) in [4.78, 5) is 35.3. The molecule has 0 aromatic heterocycles. The fourth-order valence-corrected chi connectivity index (χ4v) is 2.05. The van der Waals surface area contributed by atoms with Crippen LogP contribution in [0.15, 0.2) is 18.2 Å². The monoisotopic (exact) mass is 264 g/mol. The molecule has 0 saturated carbocycles. The average Bonchev–Trinajstić information content (AvgIpc) is 2.64. The van der Waals surface area contributed by atoms with Crippen molar-refractivity contribution < 1.29 is 19.6 Å². The maximum atomic E-state index is 12.1. The van der Waals surface area contributed by atoms with Gasteiger partial charge in [-0.2, -0.15) is 0 Å². The summed E-state index contributed by atoms with van der Waals surface area (Å²) in [5.41, 5.74) is -0.412. The maximum absolute atomic E-state index is 12.1. The van der Waals surface area contributed by atoms with Gasteiger partial charge in [0.05, 0.1) is 10.5 Å². The molecule has 1 heterocycles. The lowest BCUT2D eigenvalue weighted by Crippen LogP contribution is -2.30. The van der Waals surface area contributed by atoms with E-state index in [0.717, 1.165) is 4.90 Å². The van der Waals surface area contributed by atoms with Crippen molar-refractivity contribution in [3.63, 3.8) is 0 Å². The van der Waals surface area contributed by atoms with E-state index in [4.69, 9.17) is 5.11 Å². The molecule has 19 heavy (non-hydrogen) atoms. The molecule has 1 aliphatic heterocycles. The lowest BCUT2D eigenvalue weighted by molar-refractivity contribution is -0.385. The normalized spacial score (nSPS) is 13.8. The van der Waals surface area contributed by atoms with Crippen molar-refractivity contribution in [3.05, 3.63) is 39.4 Å². The number of aliphatic hydroxyl groups excluding tert-OH is 1. The molecule has 0 bridgehead atoms. The van der Waals surface area contributed by atoms with Crippen LogP contribution < -0.4 is 0 Å². The Labute approximate surface area is 108 Å². The van der Waals surface area contributed by atoms with Gasteiger partial charge in [0, 0.05) is 19.2 Å². The number of hydrogen-bond acceptors (Lipinski definition) is 5. The number of fused-ring (bicyclic) bond motifs is 1. The zero-order valence-corrected chi connectivity index (χ0v) is 10.0. The van der Waals surface area contributed by atoms with Gasteiger partial charge in [0.25, 0.3) is 17.5 Å². The summed E-state index contributed by atoms with van der Waals surface area (Å²) in [6.45, 7) is 0.132. The van der Waals surface area contributed by atoms with E-state index >= 15 is 0 Å². The number of rotatable bonds is 5. The number of imide groups is 1. The van der Waals surface area contributed by atoms with E-state index in [1.807, 2.05) is 0 Å². The molecule has 1 aliphatic rings. The molecule has 1 aromatic rings. The number of amides is 2. The van der Waals surface area contributed by atoms with Crippen LogP contribution in [0.3, 0.4) is 0 Å². The molecule has 0 saturated heterocycles. The molecule has 0 atom stereocenters. The molecule has 100 valence electrons. The van der Waals surface area contributed by atoms with Gasteiger partial charge in [-0.05, 0) is 18.9 Å².